The third-order valence-corrected chi connectivity index (χ3v) is 4.83. The molecule has 3 rings (SSSR count). The van der Waals surface area contributed by atoms with Crippen molar-refractivity contribution in [1.29, 1.82) is 0 Å². The third-order valence-electron chi connectivity index (χ3n) is 4.83. The zero-order chi connectivity index (χ0) is 21.5. The first-order valence-corrected chi connectivity index (χ1v) is 8.87. The van der Waals surface area contributed by atoms with Crippen LogP contribution >= 0.6 is 0 Å². The van der Waals surface area contributed by atoms with E-state index in [0.717, 1.165) is 0 Å². The van der Waals surface area contributed by atoms with Gasteiger partial charge < -0.3 is 18.9 Å². The fraction of sp³-hybridized carbons (Fsp3) is 0.286. The van der Waals surface area contributed by atoms with Crippen LogP contribution in [0, 0.1) is 26.6 Å². The van der Waals surface area contributed by atoms with Gasteiger partial charge in [0.2, 0.25) is 11.5 Å². The van der Waals surface area contributed by atoms with E-state index in [1.807, 2.05) is 0 Å². The Hall–Kier alpha value is -3.42. The molecule has 0 fully saturated rings. The number of rotatable bonds is 5. The van der Waals surface area contributed by atoms with E-state index in [4.69, 9.17) is 13.9 Å². The zero-order valence-electron chi connectivity index (χ0n) is 16.6. The van der Waals surface area contributed by atoms with Gasteiger partial charge in [-0.05, 0) is 39.3 Å². The number of carbonyl (C=O) groups is 3. The molecule has 0 amide bonds. The number of halogens is 1. The van der Waals surface area contributed by atoms with Gasteiger partial charge in [-0.3, -0.25) is 4.79 Å². The number of carbonyl (C=O) groups excluding carboxylic acids is 3. The fourth-order valence-corrected chi connectivity index (χ4v) is 3.28. The van der Waals surface area contributed by atoms with E-state index in [1.54, 1.807) is 26.8 Å². The lowest BCUT2D eigenvalue weighted by Gasteiger charge is -2.11. The van der Waals surface area contributed by atoms with Crippen molar-refractivity contribution in [3.8, 4) is 0 Å². The van der Waals surface area contributed by atoms with E-state index in [-0.39, 0.29) is 22.6 Å². The molecule has 0 saturated carbocycles. The van der Waals surface area contributed by atoms with Crippen LogP contribution in [0.5, 0.6) is 0 Å². The molecule has 1 aromatic carbocycles. The normalized spacial score (nSPS) is 12.1. The maximum atomic E-state index is 13.9. The predicted octanol–water partition coefficient (Wildman–Crippen LogP) is 4.04. The number of aromatic nitrogens is 1. The minimum absolute atomic E-state index is 0.0468. The number of fused-ring (bicyclic) bond motifs is 1. The standard InChI is InChI=1S/C21H20FNO6/c1-9-13-7-6-8-14(22)19(13)29-18(9)21(26)28-12(4)17(24)16-10(2)15(11(3)23-16)20(25)27-5/h6-8,12,23H,1-5H3. The number of H-pyrrole nitrogens is 1. The van der Waals surface area contributed by atoms with E-state index >= 15 is 0 Å². The predicted molar refractivity (Wildman–Crippen MR) is 102 cm³/mol. The number of para-hydroxylation sites is 1. The molecule has 0 bridgehead atoms. The monoisotopic (exact) mass is 401 g/mol. The Morgan fingerprint density at radius 2 is 1.79 bits per heavy atom. The number of hydrogen-bond acceptors (Lipinski definition) is 6. The summed E-state index contributed by atoms with van der Waals surface area (Å²) in [6, 6.07) is 4.36. The Kier molecular flexibility index (Phi) is 5.28. The highest BCUT2D eigenvalue weighted by Crippen LogP contribution is 2.28. The van der Waals surface area contributed by atoms with Crippen LogP contribution in [-0.4, -0.2) is 35.9 Å². The van der Waals surface area contributed by atoms with Crippen LogP contribution in [0.4, 0.5) is 4.39 Å². The number of ether oxygens (including phenoxy) is 2. The van der Waals surface area contributed by atoms with Gasteiger partial charge in [-0.1, -0.05) is 12.1 Å². The topological polar surface area (TPSA) is 98.6 Å². The lowest BCUT2D eigenvalue weighted by Crippen LogP contribution is -2.25. The van der Waals surface area contributed by atoms with Gasteiger partial charge in [-0.2, -0.15) is 0 Å². The zero-order valence-corrected chi connectivity index (χ0v) is 16.6. The minimum Gasteiger partial charge on any atom is -0.465 e. The van der Waals surface area contributed by atoms with Crippen molar-refractivity contribution < 1.29 is 32.7 Å². The maximum absolute atomic E-state index is 13.9. The summed E-state index contributed by atoms with van der Waals surface area (Å²) >= 11 is 0. The molecule has 1 atom stereocenters. The van der Waals surface area contributed by atoms with Crippen LogP contribution in [0.2, 0.25) is 0 Å². The van der Waals surface area contributed by atoms with Crippen molar-refractivity contribution in [1.82, 2.24) is 4.98 Å². The molecule has 0 radical (unpaired) electrons. The summed E-state index contributed by atoms with van der Waals surface area (Å²) in [5.74, 6) is -2.73. The second-order valence-corrected chi connectivity index (χ2v) is 6.70. The van der Waals surface area contributed by atoms with Gasteiger partial charge in [-0.15, -0.1) is 0 Å². The first-order valence-electron chi connectivity index (χ1n) is 8.87. The quantitative estimate of drug-likeness (QED) is 0.512. The Labute approximate surface area is 165 Å². The first-order chi connectivity index (χ1) is 13.7. The molecule has 2 heterocycles. The minimum atomic E-state index is -1.16. The SMILES string of the molecule is COC(=O)c1c(C)[nH]c(C(=O)C(C)OC(=O)c2oc3c(F)cccc3c2C)c1C. The van der Waals surface area contributed by atoms with Crippen LogP contribution in [0.15, 0.2) is 22.6 Å². The van der Waals surface area contributed by atoms with Crippen molar-refractivity contribution in [2.24, 2.45) is 0 Å². The number of esters is 2. The molecular weight excluding hydrogens is 381 g/mol. The summed E-state index contributed by atoms with van der Waals surface area (Å²) in [6.45, 7) is 6.25. The summed E-state index contributed by atoms with van der Waals surface area (Å²) in [6.07, 6.45) is -1.16. The number of ketones is 1. The molecule has 29 heavy (non-hydrogen) atoms. The van der Waals surface area contributed by atoms with Gasteiger partial charge >= 0.3 is 11.9 Å². The van der Waals surface area contributed by atoms with Crippen molar-refractivity contribution in [2.45, 2.75) is 33.8 Å². The molecule has 0 aliphatic heterocycles. The molecular formula is C21H20FNO6. The average molecular weight is 401 g/mol. The number of aromatic amines is 1. The van der Waals surface area contributed by atoms with E-state index in [2.05, 4.69) is 4.98 Å². The molecule has 0 spiro atoms. The molecule has 3 aromatic rings. The number of nitrogens with one attached hydrogen (secondary N) is 1. The first kappa shape index (κ1) is 20.3. The van der Waals surface area contributed by atoms with E-state index in [9.17, 15) is 18.8 Å². The third kappa shape index (κ3) is 3.41. The lowest BCUT2D eigenvalue weighted by atomic mass is 10.1. The van der Waals surface area contributed by atoms with Crippen molar-refractivity contribution in [3.63, 3.8) is 0 Å². The summed E-state index contributed by atoms with van der Waals surface area (Å²) in [7, 11) is 1.25. The highest BCUT2D eigenvalue weighted by molar-refractivity contribution is 6.05. The van der Waals surface area contributed by atoms with Crippen LogP contribution in [0.1, 0.15) is 55.1 Å². The number of aryl methyl sites for hydroxylation is 2. The molecule has 1 unspecified atom stereocenters. The van der Waals surface area contributed by atoms with Crippen LogP contribution in [0.3, 0.4) is 0 Å². The molecule has 8 heteroatoms. The maximum Gasteiger partial charge on any atom is 0.375 e. The van der Waals surface area contributed by atoms with Gasteiger partial charge in [0, 0.05) is 16.6 Å². The van der Waals surface area contributed by atoms with Crippen LogP contribution in [-0.2, 0) is 9.47 Å². The average Bonchev–Trinajstić information content (AvgIpc) is 3.18. The number of hydrogen-bond donors (Lipinski definition) is 1. The molecule has 0 aliphatic rings. The molecule has 0 aliphatic carbocycles. The van der Waals surface area contributed by atoms with Crippen molar-refractivity contribution in [3.05, 3.63) is 57.9 Å². The number of Topliss-reactive ketones (excluding diaryl/α,β-unsaturated/α-hetero) is 1. The van der Waals surface area contributed by atoms with Gasteiger partial charge in [-0.25, -0.2) is 14.0 Å². The molecule has 152 valence electrons. The number of furan rings is 1. The van der Waals surface area contributed by atoms with Crippen molar-refractivity contribution in [2.75, 3.05) is 7.11 Å². The molecule has 2 aromatic heterocycles. The van der Waals surface area contributed by atoms with E-state index < -0.39 is 29.6 Å². The van der Waals surface area contributed by atoms with Crippen LogP contribution in [0.25, 0.3) is 11.0 Å². The Morgan fingerprint density at radius 1 is 1.10 bits per heavy atom. The van der Waals surface area contributed by atoms with Gasteiger partial charge in [0.15, 0.2) is 17.5 Å². The van der Waals surface area contributed by atoms with Crippen LogP contribution < -0.4 is 0 Å². The van der Waals surface area contributed by atoms with Gasteiger partial charge in [0.1, 0.15) is 0 Å². The summed E-state index contributed by atoms with van der Waals surface area (Å²) < 4.78 is 29.2. The lowest BCUT2D eigenvalue weighted by molar-refractivity contribution is 0.0288. The molecule has 7 nitrogen and oxygen atoms in total. The summed E-state index contributed by atoms with van der Waals surface area (Å²) in [5.41, 5.74) is 1.66. The van der Waals surface area contributed by atoms with E-state index in [0.29, 0.717) is 22.2 Å². The highest BCUT2D eigenvalue weighted by Gasteiger charge is 2.29. The summed E-state index contributed by atoms with van der Waals surface area (Å²) in [4.78, 5) is 40.0. The second-order valence-electron chi connectivity index (χ2n) is 6.70. The Bertz CT molecular complexity index is 1140. The summed E-state index contributed by atoms with van der Waals surface area (Å²) in [5, 5.41) is 0.453. The molecule has 0 saturated heterocycles. The number of benzene rings is 1. The van der Waals surface area contributed by atoms with Gasteiger partial charge in [0.05, 0.1) is 18.4 Å². The highest BCUT2D eigenvalue weighted by atomic mass is 19.1. The Balaban J connectivity index is 1.86. The number of methoxy groups -OCH3 is 1. The molecule has 1 N–H and O–H groups in total. The fourth-order valence-electron chi connectivity index (χ4n) is 3.28. The smallest absolute Gasteiger partial charge is 0.375 e. The van der Waals surface area contributed by atoms with Crippen molar-refractivity contribution >= 4 is 28.7 Å². The Morgan fingerprint density at radius 3 is 2.41 bits per heavy atom. The van der Waals surface area contributed by atoms with Gasteiger partial charge in [0.25, 0.3) is 0 Å². The van der Waals surface area contributed by atoms with E-state index in [1.165, 1.54) is 26.2 Å². The second kappa shape index (κ2) is 7.54. The largest absolute Gasteiger partial charge is 0.465 e.